The van der Waals surface area contributed by atoms with Crippen LogP contribution in [0, 0.1) is 0 Å². The molecule has 3 aromatic carbocycles. The van der Waals surface area contributed by atoms with Crippen molar-refractivity contribution in [2.75, 3.05) is 33.1 Å². The van der Waals surface area contributed by atoms with Gasteiger partial charge in [-0.1, -0.05) is 72.8 Å². The first kappa shape index (κ1) is 25.0. The molecular formula is C35H33N2O+. The number of allylic oxidation sites excluding steroid dienone is 10. The summed E-state index contributed by atoms with van der Waals surface area (Å²) in [5.74, 6) is 1.64. The number of hydrogen-bond acceptors (Lipinski definition) is 2. The normalized spacial score (nSPS) is 15.6. The van der Waals surface area contributed by atoms with Gasteiger partial charge in [-0.15, -0.1) is 0 Å². The fourth-order valence-electron chi connectivity index (χ4n) is 4.49. The van der Waals surface area contributed by atoms with Gasteiger partial charge in [0.05, 0.1) is 0 Å². The third-order valence-electron chi connectivity index (χ3n) is 6.65. The van der Waals surface area contributed by atoms with Crippen molar-refractivity contribution in [3.05, 3.63) is 155 Å². The van der Waals surface area contributed by atoms with Crippen LogP contribution in [-0.2, 0) is 4.74 Å². The van der Waals surface area contributed by atoms with Gasteiger partial charge < -0.3 is 9.64 Å². The van der Waals surface area contributed by atoms with Crippen LogP contribution >= 0.6 is 0 Å². The largest absolute Gasteiger partial charge is 0.457 e. The van der Waals surface area contributed by atoms with E-state index in [1.54, 1.807) is 0 Å². The van der Waals surface area contributed by atoms with Gasteiger partial charge in [-0.2, -0.15) is 0 Å². The van der Waals surface area contributed by atoms with E-state index >= 15 is 0 Å². The lowest BCUT2D eigenvalue weighted by molar-refractivity contribution is -0.462. The molecule has 0 aromatic heterocycles. The molecule has 0 unspecified atom stereocenters. The number of anilines is 1. The van der Waals surface area contributed by atoms with Crippen LogP contribution in [0.5, 0.6) is 0 Å². The predicted octanol–water partition coefficient (Wildman–Crippen LogP) is 7.38. The first-order valence-corrected chi connectivity index (χ1v) is 12.8. The lowest BCUT2D eigenvalue weighted by Crippen LogP contribution is -2.10. The molecular weight excluding hydrogens is 464 g/mol. The lowest BCUT2D eigenvalue weighted by Gasteiger charge is -2.20. The number of hydrogen-bond donors (Lipinski definition) is 0. The average Bonchev–Trinajstić information content (AvgIpc) is 2.97. The van der Waals surface area contributed by atoms with Crippen LogP contribution in [0.25, 0.3) is 16.9 Å². The molecule has 38 heavy (non-hydrogen) atoms. The number of nitrogens with zero attached hydrogens (tertiary/aromatic N) is 2. The third kappa shape index (κ3) is 5.68. The summed E-state index contributed by atoms with van der Waals surface area (Å²) in [6.07, 6.45) is 15.1. The summed E-state index contributed by atoms with van der Waals surface area (Å²) in [4.78, 5) is 2.11. The molecule has 0 saturated carbocycles. The van der Waals surface area contributed by atoms with E-state index < -0.39 is 0 Å². The third-order valence-corrected chi connectivity index (χ3v) is 6.65. The van der Waals surface area contributed by atoms with Crippen molar-refractivity contribution in [3.8, 4) is 0 Å². The summed E-state index contributed by atoms with van der Waals surface area (Å²) in [7, 11) is 8.24. The van der Waals surface area contributed by atoms with E-state index in [2.05, 4.69) is 141 Å². The number of benzene rings is 3. The highest BCUT2D eigenvalue weighted by Gasteiger charge is 2.17. The Hall–Kier alpha value is -4.63. The van der Waals surface area contributed by atoms with E-state index in [9.17, 15) is 0 Å². The fraction of sp³-hybridized carbons (Fsp3) is 0.114. The summed E-state index contributed by atoms with van der Waals surface area (Å²) in [5.41, 5.74) is 9.02. The Morgan fingerprint density at radius 2 is 1.32 bits per heavy atom. The Bertz CT molecular complexity index is 1510. The smallest absolute Gasteiger partial charge is 0.199 e. The molecule has 3 aromatic rings. The van der Waals surface area contributed by atoms with Crippen LogP contribution in [0.3, 0.4) is 0 Å². The Labute approximate surface area is 226 Å². The summed E-state index contributed by atoms with van der Waals surface area (Å²) in [6.45, 7) is 0. The van der Waals surface area contributed by atoms with Crippen LogP contribution in [0.15, 0.2) is 139 Å². The number of rotatable bonds is 5. The quantitative estimate of drug-likeness (QED) is 0.342. The van der Waals surface area contributed by atoms with Crippen molar-refractivity contribution in [2.24, 2.45) is 0 Å². The van der Waals surface area contributed by atoms with Gasteiger partial charge in [0, 0.05) is 37.5 Å². The van der Waals surface area contributed by atoms with Crippen LogP contribution in [0.2, 0.25) is 0 Å². The molecule has 1 aliphatic carbocycles. The van der Waals surface area contributed by atoms with Gasteiger partial charge in [0.25, 0.3) is 0 Å². The van der Waals surface area contributed by atoms with Crippen LogP contribution in [0.1, 0.15) is 16.7 Å². The minimum absolute atomic E-state index is 0.800. The Morgan fingerprint density at radius 1 is 0.711 bits per heavy atom. The van der Waals surface area contributed by atoms with E-state index in [0.717, 1.165) is 56.3 Å². The van der Waals surface area contributed by atoms with E-state index in [4.69, 9.17) is 4.74 Å². The zero-order chi connectivity index (χ0) is 26.5. The standard InChI is InChI=1S/C35H33N2O/c1-36(2)31-19-15-27(16-20-31)34(28-17-21-32(22-18-28)37(3)4)25-33-23-30(26-11-7-5-8-12-26)24-35(38-33)29-13-9-6-10-14-29/h5-25H,1-4H3/q+1/b33-25-. The molecule has 2 aliphatic rings. The molecule has 0 spiro atoms. The van der Waals surface area contributed by atoms with Gasteiger partial charge in [-0.3, -0.25) is 0 Å². The maximum absolute atomic E-state index is 6.53. The second-order valence-electron chi connectivity index (χ2n) is 9.79. The summed E-state index contributed by atoms with van der Waals surface area (Å²) in [5, 5.41) is 0. The van der Waals surface area contributed by atoms with E-state index in [1.165, 1.54) is 0 Å². The van der Waals surface area contributed by atoms with Gasteiger partial charge in [0.2, 0.25) is 0 Å². The van der Waals surface area contributed by atoms with Crippen molar-refractivity contribution in [1.29, 1.82) is 0 Å². The maximum Gasteiger partial charge on any atom is 0.199 e. The fourth-order valence-corrected chi connectivity index (χ4v) is 4.49. The van der Waals surface area contributed by atoms with Gasteiger partial charge >= 0.3 is 0 Å². The SMILES string of the molecule is CN(C)c1ccc(C(/C=C2/C=C(c3ccccc3)C=C(c3ccccc3)O2)=C2C=CC(=[N+](C)C)C=C2)cc1. The van der Waals surface area contributed by atoms with E-state index in [0.29, 0.717) is 0 Å². The first-order valence-electron chi connectivity index (χ1n) is 12.8. The van der Waals surface area contributed by atoms with E-state index in [1.807, 2.05) is 24.3 Å². The Balaban J connectivity index is 1.64. The van der Waals surface area contributed by atoms with Crippen molar-refractivity contribution in [1.82, 2.24) is 0 Å². The second kappa shape index (κ2) is 11.2. The minimum atomic E-state index is 0.800. The number of ether oxygens (including phenoxy) is 1. The second-order valence-corrected chi connectivity index (χ2v) is 9.79. The van der Waals surface area contributed by atoms with Crippen molar-refractivity contribution in [3.63, 3.8) is 0 Å². The van der Waals surface area contributed by atoms with Crippen LogP contribution in [0.4, 0.5) is 5.69 Å². The molecule has 3 heteroatoms. The summed E-state index contributed by atoms with van der Waals surface area (Å²) < 4.78 is 8.65. The molecule has 1 aliphatic heterocycles. The van der Waals surface area contributed by atoms with Gasteiger partial charge in [0.15, 0.2) is 5.71 Å². The Morgan fingerprint density at radius 3 is 1.89 bits per heavy atom. The molecule has 5 rings (SSSR count). The Kier molecular flexibility index (Phi) is 7.37. The first-order chi connectivity index (χ1) is 18.5. The highest BCUT2D eigenvalue weighted by molar-refractivity contribution is 6.03. The molecule has 0 amide bonds. The van der Waals surface area contributed by atoms with Gasteiger partial charge in [0.1, 0.15) is 25.6 Å². The minimum Gasteiger partial charge on any atom is -0.457 e. The zero-order valence-electron chi connectivity index (χ0n) is 22.4. The van der Waals surface area contributed by atoms with Crippen molar-refractivity contribution in [2.45, 2.75) is 0 Å². The van der Waals surface area contributed by atoms with E-state index in [-0.39, 0.29) is 0 Å². The van der Waals surface area contributed by atoms with Gasteiger partial charge in [-0.05, 0) is 70.4 Å². The molecule has 0 radical (unpaired) electrons. The average molecular weight is 498 g/mol. The molecule has 0 fully saturated rings. The highest BCUT2D eigenvalue weighted by Crippen LogP contribution is 2.34. The lowest BCUT2D eigenvalue weighted by atomic mass is 9.94. The topological polar surface area (TPSA) is 15.5 Å². The monoisotopic (exact) mass is 497 g/mol. The van der Waals surface area contributed by atoms with Crippen LogP contribution in [-0.4, -0.2) is 38.5 Å². The molecule has 0 saturated heterocycles. The summed E-state index contributed by atoms with van der Waals surface area (Å²) >= 11 is 0. The molecule has 188 valence electrons. The van der Waals surface area contributed by atoms with Crippen molar-refractivity contribution >= 4 is 28.3 Å². The maximum atomic E-state index is 6.53. The van der Waals surface area contributed by atoms with Gasteiger partial charge in [-0.25, -0.2) is 4.58 Å². The summed E-state index contributed by atoms with van der Waals surface area (Å²) in [6, 6.07) is 29.4. The molecule has 0 N–H and O–H groups in total. The molecule has 0 atom stereocenters. The highest BCUT2D eigenvalue weighted by atomic mass is 16.5. The molecule has 3 nitrogen and oxygen atoms in total. The zero-order valence-corrected chi connectivity index (χ0v) is 22.4. The molecule has 0 bridgehead atoms. The molecule has 1 heterocycles. The van der Waals surface area contributed by atoms with Crippen molar-refractivity contribution < 1.29 is 9.31 Å². The van der Waals surface area contributed by atoms with Crippen LogP contribution < -0.4 is 4.90 Å². The predicted molar refractivity (Wildman–Crippen MR) is 161 cm³/mol.